The Morgan fingerprint density at radius 3 is 2.09 bits per heavy atom. The molecule has 0 aromatic carbocycles. The molecule has 0 N–H and O–H groups in total. The quantitative estimate of drug-likeness (QED) is 0.503. The van der Waals surface area contributed by atoms with Crippen molar-refractivity contribution in [1.82, 2.24) is 0 Å². The van der Waals surface area contributed by atoms with Gasteiger partial charge in [0.2, 0.25) is 12.6 Å². The largest absolute Gasteiger partial charge is 0.234 e. The van der Waals surface area contributed by atoms with Gasteiger partial charge in [-0.15, -0.1) is 0 Å². The fraction of sp³-hybridized carbons (Fsp3) is 1.00. The molecule has 2 fully saturated rings. The first-order chi connectivity index (χ1) is 5.41. The van der Waals surface area contributed by atoms with Crippen LogP contribution in [0.2, 0.25) is 0 Å². The summed E-state index contributed by atoms with van der Waals surface area (Å²) in [5.41, 5.74) is 0. The molecule has 1 saturated carbocycles. The van der Waals surface area contributed by atoms with Crippen LogP contribution in [0.4, 0.5) is 0 Å². The first-order valence-electron chi connectivity index (χ1n) is 4.03. The molecule has 0 radical (unpaired) electrons. The molecular weight excluding hydrogens is 148 g/mol. The van der Waals surface area contributed by atoms with Crippen molar-refractivity contribution < 1.29 is 19.6 Å². The maximum absolute atomic E-state index is 5.06. The third-order valence-corrected chi connectivity index (χ3v) is 2.13. The molecule has 2 rings (SSSR count). The lowest BCUT2D eigenvalue weighted by atomic mass is 9.94. The van der Waals surface area contributed by atoms with E-state index >= 15 is 0 Å². The Kier molecular flexibility index (Phi) is 2.09. The molecule has 4 heteroatoms. The lowest BCUT2D eigenvalue weighted by Gasteiger charge is -2.36. The van der Waals surface area contributed by atoms with Gasteiger partial charge in [-0.2, -0.15) is 9.78 Å². The summed E-state index contributed by atoms with van der Waals surface area (Å²) in [5, 5.41) is 0. The minimum Gasteiger partial charge on any atom is -0.202 e. The lowest BCUT2D eigenvalue weighted by Crippen LogP contribution is -2.41. The Morgan fingerprint density at radius 1 is 0.818 bits per heavy atom. The van der Waals surface area contributed by atoms with E-state index in [4.69, 9.17) is 19.6 Å². The van der Waals surface area contributed by atoms with Gasteiger partial charge in [-0.05, 0) is 12.8 Å². The van der Waals surface area contributed by atoms with Gasteiger partial charge in [0.15, 0.2) is 0 Å². The molecule has 1 aliphatic carbocycles. The third-order valence-electron chi connectivity index (χ3n) is 2.13. The summed E-state index contributed by atoms with van der Waals surface area (Å²) < 4.78 is 0. The van der Waals surface area contributed by atoms with E-state index in [2.05, 4.69) is 0 Å². The molecule has 0 aromatic heterocycles. The minimum absolute atomic E-state index is 0.0712. The van der Waals surface area contributed by atoms with E-state index in [1.165, 1.54) is 6.42 Å². The SMILES string of the molecule is C1CCC2(CC1)OOCOO2. The van der Waals surface area contributed by atoms with E-state index in [0.717, 1.165) is 25.7 Å². The van der Waals surface area contributed by atoms with Gasteiger partial charge in [0.1, 0.15) is 0 Å². The van der Waals surface area contributed by atoms with Crippen molar-refractivity contribution >= 4 is 0 Å². The second-order valence-electron chi connectivity index (χ2n) is 2.99. The molecular formula is C7H12O4. The highest BCUT2D eigenvalue weighted by molar-refractivity contribution is 4.72. The van der Waals surface area contributed by atoms with Gasteiger partial charge in [-0.3, -0.25) is 0 Å². The van der Waals surface area contributed by atoms with Crippen LogP contribution in [0.3, 0.4) is 0 Å². The van der Waals surface area contributed by atoms with Crippen molar-refractivity contribution in [3.05, 3.63) is 0 Å². The molecule has 0 atom stereocenters. The maximum atomic E-state index is 5.06. The first-order valence-corrected chi connectivity index (χ1v) is 4.03. The maximum Gasteiger partial charge on any atom is 0.234 e. The highest BCUT2D eigenvalue weighted by Crippen LogP contribution is 2.34. The summed E-state index contributed by atoms with van der Waals surface area (Å²) in [4.78, 5) is 19.5. The summed E-state index contributed by atoms with van der Waals surface area (Å²) >= 11 is 0. The molecule has 0 unspecified atom stereocenters. The van der Waals surface area contributed by atoms with E-state index in [1.54, 1.807) is 0 Å². The van der Waals surface area contributed by atoms with Gasteiger partial charge < -0.3 is 0 Å². The summed E-state index contributed by atoms with van der Waals surface area (Å²) in [6.45, 7) is 0.0712. The number of hydrogen-bond donors (Lipinski definition) is 0. The second-order valence-corrected chi connectivity index (χ2v) is 2.99. The Morgan fingerprint density at radius 2 is 1.45 bits per heavy atom. The predicted octanol–water partition coefficient (Wildman–Crippen LogP) is 1.51. The standard InChI is InChI=1S/C7H12O4/c1-2-4-7(5-3-1)10-8-6-9-11-7/h1-6H2. The third kappa shape index (κ3) is 1.54. The smallest absolute Gasteiger partial charge is 0.202 e. The van der Waals surface area contributed by atoms with Gasteiger partial charge in [-0.25, -0.2) is 9.78 Å². The zero-order valence-corrected chi connectivity index (χ0v) is 6.38. The van der Waals surface area contributed by atoms with Crippen LogP contribution in [0.25, 0.3) is 0 Å². The van der Waals surface area contributed by atoms with Crippen LogP contribution in [-0.4, -0.2) is 12.6 Å². The molecule has 1 spiro atoms. The van der Waals surface area contributed by atoms with E-state index in [-0.39, 0.29) is 6.79 Å². The molecule has 1 saturated heterocycles. The van der Waals surface area contributed by atoms with Crippen LogP contribution in [-0.2, 0) is 19.6 Å². The fourth-order valence-electron chi connectivity index (χ4n) is 1.55. The fourth-order valence-corrected chi connectivity index (χ4v) is 1.55. The summed E-state index contributed by atoms with van der Waals surface area (Å²) in [5.74, 6) is -0.587. The van der Waals surface area contributed by atoms with Crippen LogP contribution in [0.1, 0.15) is 32.1 Å². The first kappa shape index (κ1) is 7.49. The summed E-state index contributed by atoms with van der Waals surface area (Å²) in [6, 6.07) is 0. The van der Waals surface area contributed by atoms with Gasteiger partial charge in [0.05, 0.1) is 0 Å². The van der Waals surface area contributed by atoms with Gasteiger partial charge in [-0.1, -0.05) is 6.42 Å². The van der Waals surface area contributed by atoms with Gasteiger partial charge in [0, 0.05) is 12.8 Å². The molecule has 64 valence electrons. The van der Waals surface area contributed by atoms with Crippen molar-refractivity contribution in [2.75, 3.05) is 6.79 Å². The zero-order chi connectivity index (χ0) is 7.57. The van der Waals surface area contributed by atoms with Gasteiger partial charge >= 0.3 is 0 Å². The van der Waals surface area contributed by atoms with Crippen molar-refractivity contribution in [2.45, 2.75) is 37.9 Å². The van der Waals surface area contributed by atoms with Crippen LogP contribution in [0, 0.1) is 0 Å². The Balaban J connectivity index is 1.94. The highest BCUT2D eigenvalue weighted by atomic mass is 17.4. The van der Waals surface area contributed by atoms with Crippen molar-refractivity contribution in [3.63, 3.8) is 0 Å². The van der Waals surface area contributed by atoms with E-state index in [9.17, 15) is 0 Å². The number of rotatable bonds is 0. The summed E-state index contributed by atoms with van der Waals surface area (Å²) in [7, 11) is 0. The summed E-state index contributed by atoms with van der Waals surface area (Å²) in [6.07, 6.45) is 5.22. The Hall–Kier alpha value is -0.160. The molecule has 0 amide bonds. The van der Waals surface area contributed by atoms with Crippen LogP contribution in [0.15, 0.2) is 0 Å². The lowest BCUT2D eigenvalue weighted by molar-refractivity contribution is -0.601. The van der Waals surface area contributed by atoms with Crippen molar-refractivity contribution in [3.8, 4) is 0 Å². The molecule has 11 heavy (non-hydrogen) atoms. The van der Waals surface area contributed by atoms with Crippen molar-refractivity contribution in [1.29, 1.82) is 0 Å². The van der Waals surface area contributed by atoms with Crippen LogP contribution < -0.4 is 0 Å². The monoisotopic (exact) mass is 160 g/mol. The predicted molar refractivity (Wildman–Crippen MR) is 35.0 cm³/mol. The van der Waals surface area contributed by atoms with Gasteiger partial charge in [0.25, 0.3) is 0 Å². The number of hydrogen-bond acceptors (Lipinski definition) is 4. The van der Waals surface area contributed by atoms with Crippen LogP contribution >= 0.6 is 0 Å². The van der Waals surface area contributed by atoms with E-state index in [1.807, 2.05) is 0 Å². The molecule has 1 aliphatic heterocycles. The van der Waals surface area contributed by atoms with Crippen LogP contribution in [0.5, 0.6) is 0 Å². The highest BCUT2D eigenvalue weighted by Gasteiger charge is 2.39. The zero-order valence-electron chi connectivity index (χ0n) is 6.38. The van der Waals surface area contributed by atoms with E-state index in [0.29, 0.717) is 0 Å². The minimum atomic E-state index is -0.587. The normalized spacial score (nSPS) is 30.5. The second kappa shape index (κ2) is 3.06. The Bertz CT molecular complexity index is 105. The average molecular weight is 160 g/mol. The molecule has 0 bridgehead atoms. The Labute approximate surface area is 65.2 Å². The van der Waals surface area contributed by atoms with Crippen molar-refractivity contribution in [2.24, 2.45) is 0 Å². The molecule has 4 nitrogen and oxygen atoms in total. The molecule has 2 aliphatic rings. The topological polar surface area (TPSA) is 36.9 Å². The molecule has 0 aromatic rings. The van der Waals surface area contributed by atoms with E-state index < -0.39 is 5.79 Å². The average Bonchev–Trinajstić information content (AvgIpc) is 2.07. The molecule has 1 heterocycles.